The lowest BCUT2D eigenvalue weighted by molar-refractivity contribution is 0.569. The van der Waals surface area contributed by atoms with E-state index in [1.807, 2.05) is 0 Å². The van der Waals surface area contributed by atoms with Gasteiger partial charge in [-0.3, -0.25) is 0 Å². The van der Waals surface area contributed by atoms with Crippen molar-refractivity contribution in [3.8, 4) is 0 Å². The SMILES string of the molecule is Cc1cc(C)cc(C2=CC(C)(C)N(c3ccccc3C)[C@H]2C)c1. The minimum absolute atomic E-state index is 0.0124. The molecule has 0 unspecified atom stereocenters. The fourth-order valence-electron chi connectivity index (χ4n) is 4.03. The predicted molar refractivity (Wildman–Crippen MR) is 101 cm³/mol. The molecule has 1 nitrogen and oxygen atoms in total. The molecule has 1 heteroatoms. The Morgan fingerprint density at radius 3 is 2.13 bits per heavy atom. The quantitative estimate of drug-likeness (QED) is 0.689. The molecule has 0 fully saturated rings. The molecule has 0 bridgehead atoms. The fraction of sp³-hybridized carbons (Fsp3) is 0.364. The zero-order valence-corrected chi connectivity index (χ0v) is 15.1. The zero-order valence-electron chi connectivity index (χ0n) is 15.1. The van der Waals surface area contributed by atoms with Gasteiger partial charge in [-0.2, -0.15) is 0 Å². The molecule has 2 aromatic carbocycles. The Labute approximate surface area is 140 Å². The van der Waals surface area contributed by atoms with E-state index in [0.29, 0.717) is 6.04 Å². The Hall–Kier alpha value is -2.02. The highest BCUT2D eigenvalue weighted by Crippen LogP contribution is 2.42. The summed E-state index contributed by atoms with van der Waals surface area (Å²) >= 11 is 0. The van der Waals surface area contributed by atoms with E-state index in [1.54, 1.807) is 0 Å². The zero-order chi connectivity index (χ0) is 16.8. The molecule has 0 aromatic heterocycles. The molecule has 120 valence electrons. The van der Waals surface area contributed by atoms with Crippen LogP contribution in [0.3, 0.4) is 0 Å². The van der Waals surface area contributed by atoms with E-state index in [9.17, 15) is 0 Å². The van der Waals surface area contributed by atoms with Crippen molar-refractivity contribution in [2.45, 2.75) is 53.1 Å². The summed E-state index contributed by atoms with van der Waals surface area (Å²) in [5.74, 6) is 0. The molecule has 1 aliphatic heterocycles. The average molecular weight is 305 g/mol. The Kier molecular flexibility index (Phi) is 3.83. The van der Waals surface area contributed by atoms with Crippen LogP contribution in [0.5, 0.6) is 0 Å². The van der Waals surface area contributed by atoms with Crippen LogP contribution in [-0.4, -0.2) is 11.6 Å². The minimum Gasteiger partial charge on any atom is -0.356 e. The third kappa shape index (κ3) is 2.81. The van der Waals surface area contributed by atoms with Gasteiger partial charge < -0.3 is 4.90 Å². The highest BCUT2D eigenvalue weighted by Gasteiger charge is 2.38. The second-order valence-electron chi connectivity index (χ2n) is 7.46. The molecule has 0 aliphatic carbocycles. The molecule has 23 heavy (non-hydrogen) atoms. The van der Waals surface area contributed by atoms with E-state index >= 15 is 0 Å². The van der Waals surface area contributed by atoms with E-state index < -0.39 is 0 Å². The number of benzene rings is 2. The number of rotatable bonds is 2. The lowest BCUT2D eigenvalue weighted by atomic mass is 9.96. The van der Waals surface area contributed by atoms with Gasteiger partial charge in [0.2, 0.25) is 0 Å². The van der Waals surface area contributed by atoms with Gasteiger partial charge in [0.25, 0.3) is 0 Å². The highest BCUT2D eigenvalue weighted by atomic mass is 15.2. The van der Waals surface area contributed by atoms with Gasteiger partial charge in [0.1, 0.15) is 0 Å². The van der Waals surface area contributed by atoms with Gasteiger partial charge in [0, 0.05) is 5.69 Å². The lowest BCUT2D eigenvalue weighted by Crippen LogP contribution is -2.43. The largest absolute Gasteiger partial charge is 0.356 e. The molecule has 2 aromatic rings. The summed E-state index contributed by atoms with van der Waals surface area (Å²) in [7, 11) is 0. The second kappa shape index (κ2) is 5.56. The predicted octanol–water partition coefficient (Wildman–Crippen LogP) is 5.68. The van der Waals surface area contributed by atoms with Gasteiger partial charge in [0.05, 0.1) is 11.6 Å². The Morgan fingerprint density at radius 2 is 1.52 bits per heavy atom. The smallest absolute Gasteiger partial charge is 0.0541 e. The van der Waals surface area contributed by atoms with Crippen LogP contribution in [0.15, 0.2) is 48.5 Å². The minimum atomic E-state index is 0.0124. The number of nitrogens with zero attached hydrogens (tertiary/aromatic N) is 1. The van der Waals surface area contributed by atoms with Crippen molar-refractivity contribution in [3.63, 3.8) is 0 Å². The average Bonchev–Trinajstić information content (AvgIpc) is 2.69. The summed E-state index contributed by atoms with van der Waals surface area (Å²) in [5, 5.41) is 0. The molecule has 0 amide bonds. The maximum Gasteiger partial charge on any atom is 0.0541 e. The first-order chi connectivity index (χ1) is 10.8. The first-order valence-corrected chi connectivity index (χ1v) is 8.46. The topological polar surface area (TPSA) is 3.24 Å². The first kappa shape index (κ1) is 15.9. The number of hydrogen-bond donors (Lipinski definition) is 0. The molecule has 0 spiro atoms. The number of hydrogen-bond acceptors (Lipinski definition) is 1. The van der Waals surface area contributed by atoms with Crippen LogP contribution < -0.4 is 4.90 Å². The molecule has 0 saturated carbocycles. The van der Waals surface area contributed by atoms with Crippen LogP contribution >= 0.6 is 0 Å². The summed E-state index contributed by atoms with van der Waals surface area (Å²) in [4.78, 5) is 2.55. The molecule has 1 aliphatic rings. The van der Waals surface area contributed by atoms with Crippen molar-refractivity contribution in [1.29, 1.82) is 0 Å². The van der Waals surface area contributed by atoms with Crippen molar-refractivity contribution in [2.75, 3.05) is 4.90 Å². The fourth-order valence-corrected chi connectivity index (χ4v) is 4.03. The number of para-hydroxylation sites is 1. The van der Waals surface area contributed by atoms with Crippen molar-refractivity contribution >= 4 is 11.3 Å². The van der Waals surface area contributed by atoms with Crippen LogP contribution in [0.4, 0.5) is 5.69 Å². The summed E-state index contributed by atoms with van der Waals surface area (Å²) in [6, 6.07) is 15.9. The second-order valence-corrected chi connectivity index (χ2v) is 7.46. The van der Waals surface area contributed by atoms with Crippen LogP contribution in [-0.2, 0) is 0 Å². The Bertz CT molecular complexity index is 747. The lowest BCUT2D eigenvalue weighted by Gasteiger charge is -2.38. The van der Waals surface area contributed by atoms with Crippen molar-refractivity contribution in [1.82, 2.24) is 0 Å². The maximum absolute atomic E-state index is 2.55. The van der Waals surface area contributed by atoms with Gasteiger partial charge in [-0.05, 0) is 64.3 Å². The van der Waals surface area contributed by atoms with Gasteiger partial charge in [-0.1, -0.05) is 53.6 Å². The molecular formula is C22H27N. The monoisotopic (exact) mass is 305 g/mol. The van der Waals surface area contributed by atoms with Gasteiger partial charge >= 0.3 is 0 Å². The molecule has 3 rings (SSSR count). The van der Waals surface area contributed by atoms with E-state index in [2.05, 4.69) is 95.0 Å². The van der Waals surface area contributed by atoms with Crippen LogP contribution in [0.2, 0.25) is 0 Å². The summed E-state index contributed by atoms with van der Waals surface area (Å²) in [5.41, 5.74) is 8.14. The molecular weight excluding hydrogens is 278 g/mol. The normalized spacial score (nSPS) is 19.8. The Balaban J connectivity index is 2.07. The molecule has 0 radical (unpaired) electrons. The molecule has 0 N–H and O–H groups in total. The van der Waals surface area contributed by atoms with Crippen LogP contribution in [0.1, 0.15) is 43.0 Å². The van der Waals surface area contributed by atoms with Crippen molar-refractivity contribution in [2.24, 2.45) is 0 Å². The van der Waals surface area contributed by atoms with E-state index in [4.69, 9.17) is 0 Å². The first-order valence-electron chi connectivity index (χ1n) is 8.46. The molecule has 0 saturated heterocycles. The number of aryl methyl sites for hydroxylation is 3. The molecule has 1 atom stereocenters. The van der Waals surface area contributed by atoms with Gasteiger partial charge in [-0.15, -0.1) is 0 Å². The summed E-state index contributed by atoms with van der Waals surface area (Å²) < 4.78 is 0. The third-order valence-corrected chi connectivity index (χ3v) is 4.90. The van der Waals surface area contributed by atoms with Crippen molar-refractivity contribution in [3.05, 3.63) is 70.8 Å². The molecule has 1 heterocycles. The van der Waals surface area contributed by atoms with E-state index in [0.717, 1.165) is 0 Å². The standard InChI is InChI=1S/C22H27N/c1-15-11-16(2)13-19(12-15)20-14-22(5,6)23(18(20)4)21-10-8-7-9-17(21)3/h7-14,18H,1-6H3/t18-/m0/s1. The summed E-state index contributed by atoms with van der Waals surface area (Å²) in [6.07, 6.45) is 2.44. The van der Waals surface area contributed by atoms with Gasteiger partial charge in [0.15, 0.2) is 0 Å². The highest BCUT2D eigenvalue weighted by molar-refractivity contribution is 5.80. The van der Waals surface area contributed by atoms with Crippen molar-refractivity contribution < 1.29 is 0 Å². The summed E-state index contributed by atoms with van der Waals surface area (Å²) in [6.45, 7) is 13.5. The van der Waals surface area contributed by atoms with Crippen LogP contribution in [0, 0.1) is 20.8 Å². The van der Waals surface area contributed by atoms with Crippen LogP contribution in [0.25, 0.3) is 5.57 Å². The Morgan fingerprint density at radius 1 is 0.913 bits per heavy atom. The van der Waals surface area contributed by atoms with E-state index in [-0.39, 0.29) is 5.54 Å². The maximum atomic E-state index is 2.55. The van der Waals surface area contributed by atoms with E-state index in [1.165, 1.54) is 33.5 Å². The number of anilines is 1. The van der Waals surface area contributed by atoms with Gasteiger partial charge in [-0.25, -0.2) is 0 Å². The third-order valence-electron chi connectivity index (χ3n) is 4.90.